The number of thioether (sulfide) groups is 1. The van der Waals surface area contributed by atoms with Crippen LogP contribution in [0.25, 0.3) is 5.78 Å². The SMILES string of the molecule is Cc1ccnc2nc(C(=O)N3CSCC3C(=O)O)nn12. The van der Waals surface area contributed by atoms with Gasteiger partial charge in [0.15, 0.2) is 0 Å². The third-order valence-corrected chi connectivity index (χ3v) is 4.06. The van der Waals surface area contributed by atoms with Crippen LogP contribution in [-0.4, -0.2) is 59.1 Å². The van der Waals surface area contributed by atoms with Crippen LogP contribution in [0.5, 0.6) is 0 Å². The van der Waals surface area contributed by atoms with Gasteiger partial charge >= 0.3 is 5.97 Å². The second-order valence-electron chi connectivity index (χ2n) is 4.36. The highest BCUT2D eigenvalue weighted by atomic mass is 32.2. The zero-order valence-electron chi connectivity index (χ0n) is 10.6. The van der Waals surface area contributed by atoms with Crippen LogP contribution < -0.4 is 0 Å². The van der Waals surface area contributed by atoms with Gasteiger partial charge in [0.1, 0.15) is 6.04 Å². The average Bonchev–Trinajstić information content (AvgIpc) is 3.05. The van der Waals surface area contributed by atoms with Crippen LogP contribution in [0.3, 0.4) is 0 Å². The topological polar surface area (TPSA) is 101 Å². The number of fused-ring (bicyclic) bond motifs is 1. The number of aliphatic carboxylic acids is 1. The van der Waals surface area contributed by atoms with Crippen molar-refractivity contribution in [1.29, 1.82) is 0 Å². The largest absolute Gasteiger partial charge is 0.480 e. The first-order valence-electron chi connectivity index (χ1n) is 5.88. The zero-order valence-corrected chi connectivity index (χ0v) is 11.4. The second kappa shape index (κ2) is 4.75. The summed E-state index contributed by atoms with van der Waals surface area (Å²) in [6, 6.07) is 0.926. The van der Waals surface area contributed by atoms with Crippen LogP contribution in [0.2, 0.25) is 0 Å². The first-order valence-corrected chi connectivity index (χ1v) is 7.03. The molecule has 104 valence electrons. The maximum Gasteiger partial charge on any atom is 0.327 e. The van der Waals surface area contributed by atoms with E-state index in [0.717, 1.165) is 5.69 Å². The molecule has 0 aromatic carbocycles. The van der Waals surface area contributed by atoms with E-state index in [0.29, 0.717) is 17.4 Å². The molecule has 1 N–H and O–H groups in total. The van der Waals surface area contributed by atoms with E-state index >= 15 is 0 Å². The first-order chi connectivity index (χ1) is 9.58. The summed E-state index contributed by atoms with van der Waals surface area (Å²) < 4.78 is 1.46. The molecule has 3 rings (SSSR count). The van der Waals surface area contributed by atoms with Gasteiger partial charge in [-0.15, -0.1) is 16.9 Å². The smallest absolute Gasteiger partial charge is 0.327 e. The molecule has 8 nitrogen and oxygen atoms in total. The van der Waals surface area contributed by atoms with E-state index in [-0.39, 0.29) is 5.82 Å². The van der Waals surface area contributed by atoms with E-state index in [1.165, 1.54) is 21.2 Å². The molecule has 2 aromatic heterocycles. The fourth-order valence-electron chi connectivity index (χ4n) is 1.97. The molecular weight excluding hydrogens is 282 g/mol. The number of hydrogen-bond donors (Lipinski definition) is 1. The lowest BCUT2D eigenvalue weighted by Gasteiger charge is -2.18. The Morgan fingerprint density at radius 3 is 3.00 bits per heavy atom. The van der Waals surface area contributed by atoms with Crippen LogP contribution in [0, 0.1) is 6.92 Å². The van der Waals surface area contributed by atoms with Crippen molar-refractivity contribution in [2.75, 3.05) is 11.6 Å². The Labute approximate surface area is 117 Å². The molecule has 2 aromatic rings. The first kappa shape index (κ1) is 12.9. The van der Waals surface area contributed by atoms with E-state index in [9.17, 15) is 9.59 Å². The van der Waals surface area contributed by atoms with Gasteiger partial charge in [-0.2, -0.15) is 4.98 Å². The monoisotopic (exact) mass is 293 g/mol. The predicted octanol–water partition coefficient (Wildman–Crippen LogP) is 0.0324. The number of rotatable bonds is 2. The molecular formula is C11H11N5O3S. The molecule has 3 heterocycles. The third-order valence-electron chi connectivity index (χ3n) is 3.05. The summed E-state index contributed by atoms with van der Waals surface area (Å²) in [5, 5.41) is 13.2. The zero-order chi connectivity index (χ0) is 14.3. The lowest BCUT2D eigenvalue weighted by Crippen LogP contribution is -2.42. The van der Waals surface area contributed by atoms with Crippen LogP contribution in [0.4, 0.5) is 0 Å². The van der Waals surface area contributed by atoms with Crippen molar-refractivity contribution < 1.29 is 14.7 Å². The van der Waals surface area contributed by atoms with Crippen molar-refractivity contribution in [2.24, 2.45) is 0 Å². The highest BCUT2D eigenvalue weighted by molar-refractivity contribution is 7.99. The molecule has 0 saturated carbocycles. The predicted molar refractivity (Wildman–Crippen MR) is 70.4 cm³/mol. The summed E-state index contributed by atoms with van der Waals surface area (Å²) in [6.07, 6.45) is 1.58. The Morgan fingerprint density at radius 1 is 1.50 bits per heavy atom. The summed E-state index contributed by atoms with van der Waals surface area (Å²) >= 11 is 1.40. The minimum absolute atomic E-state index is 0.0273. The van der Waals surface area contributed by atoms with Gasteiger partial charge in [0.05, 0.1) is 5.88 Å². The van der Waals surface area contributed by atoms with Crippen molar-refractivity contribution in [3.8, 4) is 0 Å². The molecule has 1 saturated heterocycles. The van der Waals surface area contributed by atoms with Gasteiger partial charge in [0, 0.05) is 17.6 Å². The van der Waals surface area contributed by atoms with Crippen molar-refractivity contribution >= 4 is 29.4 Å². The number of nitrogens with zero attached hydrogens (tertiary/aromatic N) is 5. The Kier molecular flexibility index (Phi) is 3.05. The lowest BCUT2D eigenvalue weighted by atomic mass is 10.3. The molecule has 1 fully saturated rings. The van der Waals surface area contributed by atoms with Crippen LogP contribution >= 0.6 is 11.8 Å². The number of aromatic nitrogens is 4. The third kappa shape index (κ3) is 1.99. The van der Waals surface area contributed by atoms with E-state index in [4.69, 9.17) is 5.11 Å². The molecule has 1 aliphatic rings. The second-order valence-corrected chi connectivity index (χ2v) is 5.36. The molecule has 1 amide bonds. The van der Waals surface area contributed by atoms with Crippen molar-refractivity contribution in [2.45, 2.75) is 13.0 Å². The summed E-state index contributed by atoms with van der Waals surface area (Å²) in [5.74, 6) is -0.481. The molecule has 1 aliphatic heterocycles. The van der Waals surface area contributed by atoms with Gasteiger partial charge in [-0.3, -0.25) is 4.79 Å². The van der Waals surface area contributed by atoms with Gasteiger partial charge < -0.3 is 10.0 Å². The molecule has 0 spiro atoms. The van der Waals surface area contributed by atoms with Gasteiger partial charge in [-0.1, -0.05) is 0 Å². The Bertz CT molecular complexity index is 700. The van der Waals surface area contributed by atoms with Crippen molar-refractivity contribution in [3.63, 3.8) is 0 Å². The molecule has 9 heteroatoms. The summed E-state index contributed by atoms with van der Waals surface area (Å²) in [4.78, 5) is 32.8. The van der Waals surface area contributed by atoms with E-state index in [2.05, 4.69) is 15.1 Å². The standard InChI is InChI=1S/C11H11N5O3S/c1-6-2-3-12-11-13-8(14-16(6)11)9(17)15-5-20-4-7(15)10(18)19/h2-3,7H,4-5H2,1H3,(H,18,19). The molecule has 0 bridgehead atoms. The molecule has 20 heavy (non-hydrogen) atoms. The normalized spacial score (nSPS) is 18.6. The summed E-state index contributed by atoms with van der Waals surface area (Å²) in [7, 11) is 0. The number of carbonyl (C=O) groups is 2. The highest BCUT2D eigenvalue weighted by Crippen LogP contribution is 2.22. The minimum Gasteiger partial charge on any atom is -0.480 e. The maximum atomic E-state index is 12.3. The number of amides is 1. The number of aryl methyl sites for hydroxylation is 1. The minimum atomic E-state index is -1.01. The van der Waals surface area contributed by atoms with E-state index in [1.807, 2.05) is 6.92 Å². The van der Waals surface area contributed by atoms with Gasteiger partial charge in [0.25, 0.3) is 11.7 Å². The van der Waals surface area contributed by atoms with Crippen LogP contribution in [0.15, 0.2) is 12.3 Å². The summed E-state index contributed by atoms with van der Waals surface area (Å²) in [5.41, 5.74) is 0.798. The number of carbonyl (C=O) groups excluding carboxylic acids is 1. The highest BCUT2D eigenvalue weighted by Gasteiger charge is 2.36. The molecule has 1 atom stereocenters. The van der Waals surface area contributed by atoms with Crippen molar-refractivity contribution in [1.82, 2.24) is 24.5 Å². The number of carboxylic acids is 1. The Morgan fingerprint density at radius 2 is 2.30 bits per heavy atom. The summed E-state index contributed by atoms with van der Waals surface area (Å²) in [6.45, 7) is 1.82. The Balaban J connectivity index is 1.96. The average molecular weight is 293 g/mol. The van der Waals surface area contributed by atoms with Gasteiger partial charge in [0.2, 0.25) is 5.82 Å². The Hall–Kier alpha value is -2.16. The molecule has 0 radical (unpaired) electrons. The molecule has 1 unspecified atom stereocenters. The van der Waals surface area contributed by atoms with Gasteiger partial charge in [-0.25, -0.2) is 14.3 Å². The fourth-order valence-corrected chi connectivity index (χ4v) is 3.12. The lowest BCUT2D eigenvalue weighted by molar-refractivity contribution is -0.140. The van der Waals surface area contributed by atoms with Crippen LogP contribution in [0.1, 0.15) is 16.3 Å². The number of carboxylic acid groups (broad SMARTS) is 1. The fraction of sp³-hybridized carbons (Fsp3) is 0.364. The van der Waals surface area contributed by atoms with E-state index in [1.54, 1.807) is 12.3 Å². The number of hydrogen-bond acceptors (Lipinski definition) is 6. The van der Waals surface area contributed by atoms with E-state index < -0.39 is 17.9 Å². The maximum absolute atomic E-state index is 12.3. The quantitative estimate of drug-likeness (QED) is 0.833. The van der Waals surface area contributed by atoms with Crippen molar-refractivity contribution in [3.05, 3.63) is 23.8 Å². The molecule has 0 aliphatic carbocycles. The van der Waals surface area contributed by atoms with Crippen LogP contribution in [-0.2, 0) is 4.79 Å². The van der Waals surface area contributed by atoms with Gasteiger partial charge in [-0.05, 0) is 13.0 Å².